The summed E-state index contributed by atoms with van der Waals surface area (Å²) in [5.74, 6) is -0.604. The number of carbonyl (C=O) groups excluding carboxylic acids is 1. The molecular weight excluding hydrogens is 272 g/mol. The molecule has 2 aromatic rings. The molecule has 78 valence electrons. The highest BCUT2D eigenvalue weighted by Crippen LogP contribution is 2.22. The molecule has 0 spiro atoms. The zero-order chi connectivity index (χ0) is 11.5. The van der Waals surface area contributed by atoms with E-state index in [1.54, 1.807) is 12.1 Å². The zero-order valence-corrected chi connectivity index (χ0v) is 9.55. The Labute approximate surface area is 98.9 Å². The predicted molar refractivity (Wildman–Crippen MR) is 62.9 cm³/mol. The highest BCUT2D eigenvalue weighted by molar-refractivity contribution is 9.10. The Morgan fingerprint density at radius 3 is 3.00 bits per heavy atom. The van der Waals surface area contributed by atoms with Gasteiger partial charge in [-0.1, -0.05) is 15.9 Å². The van der Waals surface area contributed by atoms with Crippen LogP contribution in [0, 0.1) is 0 Å². The molecule has 0 aliphatic heterocycles. The fraction of sp³-hybridized carbons (Fsp3) is 0. The van der Waals surface area contributed by atoms with Crippen LogP contribution in [-0.2, 0) is 0 Å². The summed E-state index contributed by atoms with van der Waals surface area (Å²) < 4.78 is 0.836. The van der Waals surface area contributed by atoms with Crippen molar-refractivity contribution in [2.45, 2.75) is 0 Å². The van der Waals surface area contributed by atoms with Crippen LogP contribution in [0.15, 0.2) is 40.0 Å². The Morgan fingerprint density at radius 2 is 2.25 bits per heavy atom. The third-order valence-corrected chi connectivity index (χ3v) is 2.56. The molecule has 6 heteroatoms. The molecule has 0 unspecified atom stereocenters. The lowest BCUT2D eigenvalue weighted by molar-refractivity contribution is 0.100. The van der Waals surface area contributed by atoms with Gasteiger partial charge in [-0.2, -0.15) is 0 Å². The van der Waals surface area contributed by atoms with E-state index < -0.39 is 5.91 Å². The molecule has 0 fully saturated rings. The van der Waals surface area contributed by atoms with Crippen LogP contribution >= 0.6 is 15.9 Å². The van der Waals surface area contributed by atoms with Gasteiger partial charge in [0, 0.05) is 26.5 Å². The third kappa shape index (κ3) is 1.88. The fourth-order valence-corrected chi connectivity index (χ4v) is 1.76. The van der Waals surface area contributed by atoms with Crippen LogP contribution in [0.2, 0.25) is 0 Å². The molecule has 0 radical (unpaired) electrons. The van der Waals surface area contributed by atoms with Crippen molar-refractivity contribution >= 4 is 32.7 Å². The topological polar surface area (TPSA) is 78.7 Å². The van der Waals surface area contributed by atoms with E-state index in [0.29, 0.717) is 16.5 Å². The fourth-order valence-electron chi connectivity index (χ4n) is 1.40. The molecule has 16 heavy (non-hydrogen) atoms. The molecule has 0 saturated heterocycles. The van der Waals surface area contributed by atoms with Gasteiger partial charge in [-0.3, -0.25) is 9.78 Å². The molecule has 0 aliphatic carbocycles. The first-order valence-electron chi connectivity index (χ1n) is 4.36. The molecule has 1 aromatic carbocycles. The van der Waals surface area contributed by atoms with Crippen molar-refractivity contribution in [2.75, 3.05) is 0 Å². The van der Waals surface area contributed by atoms with Gasteiger partial charge in [0.2, 0.25) is 5.91 Å². The van der Waals surface area contributed by atoms with Gasteiger partial charge in [-0.05, 0) is 34.9 Å². The van der Waals surface area contributed by atoms with Crippen molar-refractivity contribution in [3.8, 4) is 0 Å². The molecule has 1 aromatic heterocycles. The smallest absolute Gasteiger partial charge is 0.249 e. The Morgan fingerprint density at radius 1 is 1.44 bits per heavy atom. The van der Waals surface area contributed by atoms with Crippen molar-refractivity contribution in [1.29, 1.82) is 0 Å². The predicted octanol–water partition coefficient (Wildman–Crippen LogP) is 3.45. The Hall–Kier alpha value is -1.91. The monoisotopic (exact) mass is 276 g/mol. The number of nitrogens with zero attached hydrogens (tertiary/aromatic N) is 4. The molecular formula is C10H5BrN4O. The first kappa shape index (κ1) is 10.6. The van der Waals surface area contributed by atoms with Gasteiger partial charge in [-0.25, -0.2) is 0 Å². The summed E-state index contributed by atoms with van der Waals surface area (Å²) in [6.45, 7) is 0. The first-order chi connectivity index (χ1) is 7.72. The van der Waals surface area contributed by atoms with E-state index in [1.807, 2.05) is 6.07 Å². The Balaban J connectivity index is 2.74. The second-order valence-corrected chi connectivity index (χ2v) is 3.93. The average molecular weight is 277 g/mol. The summed E-state index contributed by atoms with van der Waals surface area (Å²) in [5, 5.41) is 3.73. The van der Waals surface area contributed by atoms with E-state index in [9.17, 15) is 4.79 Å². The molecule has 1 amide bonds. The van der Waals surface area contributed by atoms with E-state index >= 15 is 0 Å². The number of amides is 1. The highest BCUT2D eigenvalue weighted by Gasteiger charge is 2.08. The highest BCUT2D eigenvalue weighted by atomic mass is 79.9. The second kappa shape index (κ2) is 4.30. The number of aromatic nitrogens is 1. The summed E-state index contributed by atoms with van der Waals surface area (Å²) >= 11 is 3.31. The summed E-state index contributed by atoms with van der Waals surface area (Å²) in [5.41, 5.74) is 9.27. The summed E-state index contributed by atoms with van der Waals surface area (Å²) in [7, 11) is 0. The number of carbonyl (C=O) groups is 1. The van der Waals surface area contributed by atoms with Crippen LogP contribution in [0.3, 0.4) is 0 Å². The lowest BCUT2D eigenvalue weighted by Crippen LogP contribution is -1.95. The van der Waals surface area contributed by atoms with Crippen LogP contribution < -0.4 is 0 Å². The summed E-state index contributed by atoms with van der Waals surface area (Å²) in [6, 6.07) is 6.91. The van der Waals surface area contributed by atoms with Gasteiger partial charge in [0.1, 0.15) is 0 Å². The van der Waals surface area contributed by atoms with Crippen molar-refractivity contribution in [2.24, 2.45) is 5.11 Å². The van der Waals surface area contributed by atoms with Crippen molar-refractivity contribution < 1.29 is 4.79 Å². The zero-order valence-electron chi connectivity index (χ0n) is 7.96. The molecule has 5 nitrogen and oxygen atoms in total. The molecule has 0 saturated carbocycles. The van der Waals surface area contributed by atoms with Crippen LogP contribution in [0.4, 0.5) is 0 Å². The summed E-state index contributed by atoms with van der Waals surface area (Å²) in [6.07, 6.45) is 1.51. The van der Waals surface area contributed by atoms with Crippen LogP contribution in [0.25, 0.3) is 21.3 Å². The number of benzene rings is 1. The third-order valence-electron chi connectivity index (χ3n) is 2.07. The van der Waals surface area contributed by atoms with Crippen LogP contribution in [0.5, 0.6) is 0 Å². The van der Waals surface area contributed by atoms with Crippen molar-refractivity contribution in [1.82, 2.24) is 4.98 Å². The maximum absolute atomic E-state index is 11.5. The molecule has 0 atom stereocenters. The molecule has 1 heterocycles. The van der Waals surface area contributed by atoms with Gasteiger partial charge < -0.3 is 0 Å². The average Bonchev–Trinajstić information content (AvgIpc) is 2.28. The van der Waals surface area contributed by atoms with E-state index in [2.05, 4.69) is 30.9 Å². The first-order valence-corrected chi connectivity index (χ1v) is 5.15. The van der Waals surface area contributed by atoms with Crippen LogP contribution in [0.1, 0.15) is 10.4 Å². The minimum Gasteiger partial charge on any atom is -0.287 e. The maximum Gasteiger partial charge on any atom is 0.249 e. The van der Waals surface area contributed by atoms with Gasteiger partial charge in [-0.15, -0.1) is 0 Å². The van der Waals surface area contributed by atoms with E-state index in [0.717, 1.165) is 4.47 Å². The molecule has 0 bridgehead atoms. The normalized spacial score (nSPS) is 9.81. The lowest BCUT2D eigenvalue weighted by atomic mass is 10.1. The van der Waals surface area contributed by atoms with Gasteiger partial charge in [0.15, 0.2) is 0 Å². The number of hydrogen-bond acceptors (Lipinski definition) is 2. The molecule has 0 N–H and O–H groups in total. The van der Waals surface area contributed by atoms with Gasteiger partial charge in [0.05, 0.1) is 5.52 Å². The standard InChI is InChI=1S/C10H5BrN4O/c11-6-1-2-9-8(5-6)7(3-4-13-9)10(16)14-15-12/h1-5H. The number of azide groups is 1. The Bertz CT molecular complexity index is 619. The van der Waals surface area contributed by atoms with Crippen LogP contribution in [-0.4, -0.2) is 10.9 Å². The largest absolute Gasteiger partial charge is 0.287 e. The number of pyridine rings is 1. The van der Waals surface area contributed by atoms with Gasteiger partial charge in [0.25, 0.3) is 0 Å². The Kier molecular flexibility index (Phi) is 2.85. The van der Waals surface area contributed by atoms with Crippen molar-refractivity contribution in [3.05, 3.63) is 50.9 Å². The second-order valence-electron chi connectivity index (χ2n) is 3.01. The SMILES string of the molecule is [N-]=[N+]=NC(=O)c1ccnc2ccc(Br)cc12. The maximum atomic E-state index is 11.5. The minimum absolute atomic E-state index is 0.351. The minimum atomic E-state index is -0.604. The van der Waals surface area contributed by atoms with Gasteiger partial charge >= 0.3 is 0 Å². The summed E-state index contributed by atoms with van der Waals surface area (Å²) in [4.78, 5) is 18.1. The quantitative estimate of drug-likeness (QED) is 0.454. The number of fused-ring (bicyclic) bond motifs is 1. The molecule has 0 aliphatic rings. The number of rotatable bonds is 1. The number of halogens is 1. The lowest BCUT2D eigenvalue weighted by Gasteiger charge is -2.02. The molecule has 2 rings (SSSR count). The van der Waals surface area contributed by atoms with E-state index in [4.69, 9.17) is 5.53 Å². The van der Waals surface area contributed by atoms with E-state index in [1.165, 1.54) is 12.3 Å². The van der Waals surface area contributed by atoms with Crippen molar-refractivity contribution in [3.63, 3.8) is 0 Å². The van der Waals surface area contributed by atoms with E-state index in [-0.39, 0.29) is 0 Å². The number of hydrogen-bond donors (Lipinski definition) is 0.